The van der Waals surface area contributed by atoms with Crippen LogP contribution >= 0.6 is 0 Å². The lowest BCUT2D eigenvalue weighted by molar-refractivity contribution is -0.137. The number of hydrogen-bond donors (Lipinski definition) is 0. The van der Waals surface area contributed by atoms with Gasteiger partial charge in [-0.15, -0.1) is 0 Å². The first-order valence-corrected chi connectivity index (χ1v) is 5.58. The van der Waals surface area contributed by atoms with E-state index in [2.05, 4.69) is 15.0 Å². The van der Waals surface area contributed by atoms with Crippen molar-refractivity contribution in [1.29, 1.82) is 0 Å². The average Bonchev–Trinajstić information content (AvgIpc) is 2.77. The van der Waals surface area contributed by atoms with Gasteiger partial charge < -0.3 is 0 Å². The first kappa shape index (κ1) is 12.5. The molecule has 1 aliphatic rings. The van der Waals surface area contributed by atoms with E-state index < -0.39 is 17.8 Å². The van der Waals surface area contributed by atoms with Crippen molar-refractivity contribution in [1.82, 2.24) is 4.98 Å². The van der Waals surface area contributed by atoms with Gasteiger partial charge in [-0.25, -0.2) is 9.78 Å². The number of alkyl halides is 3. The topological polar surface area (TPSA) is 54.7 Å². The van der Waals surface area contributed by atoms with Crippen LogP contribution in [0.25, 0.3) is 11.1 Å². The van der Waals surface area contributed by atoms with Crippen LogP contribution in [0.4, 0.5) is 18.0 Å². The van der Waals surface area contributed by atoms with E-state index in [1.165, 1.54) is 24.4 Å². The third-order valence-corrected chi connectivity index (χ3v) is 2.79. The standard InChI is InChI=1S/C13H6F3N3O/c14-13(15,16)9-3-1-2-7(4-9)8-5-10-11(17-6-8)19-12(20)18-10/h1-6H. The summed E-state index contributed by atoms with van der Waals surface area (Å²) in [6.07, 6.45) is -3.04. The summed E-state index contributed by atoms with van der Waals surface area (Å²) in [6, 6.07) is 5.70. The number of carbonyl (C=O) groups excluding carboxylic acids is 1. The Morgan fingerprint density at radius 3 is 2.55 bits per heavy atom. The summed E-state index contributed by atoms with van der Waals surface area (Å²) in [6.45, 7) is 0. The monoisotopic (exact) mass is 277 g/mol. The minimum Gasteiger partial charge on any atom is -0.244 e. The molecule has 0 aliphatic carbocycles. The largest absolute Gasteiger partial charge is 0.416 e. The molecule has 2 heterocycles. The zero-order chi connectivity index (χ0) is 14.3. The molecule has 0 radical (unpaired) electrons. The lowest BCUT2D eigenvalue weighted by Crippen LogP contribution is -2.25. The van der Waals surface area contributed by atoms with Crippen molar-refractivity contribution >= 4 is 6.03 Å². The van der Waals surface area contributed by atoms with Gasteiger partial charge in [0.1, 0.15) is 5.36 Å². The molecule has 1 aromatic heterocycles. The summed E-state index contributed by atoms with van der Waals surface area (Å²) in [5, 5.41) is 0.268. The van der Waals surface area contributed by atoms with Crippen LogP contribution in [0, 0.1) is 0 Å². The molecular weight excluding hydrogens is 271 g/mol. The van der Waals surface area contributed by atoms with Crippen molar-refractivity contribution in [3.05, 3.63) is 52.9 Å². The number of benzene rings is 1. The van der Waals surface area contributed by atoms with Crippen molar-refractivity contribution in [3.8, 4) is 11.1 Å². The number of rotatable bonds is 1. The van der Waals surface area contributed by atoms with E-state index in [9.17, 15) is 18.0 Å². The van der Waals surface area contributed by atoms with Gasteiger partial charge in [-0.2, -0.15) is 23.2 Å². The first-order chi connectivity index (χ1) is 9.43. The highest BCUT2D eigenvalue weighted by Gasteiger charge is 2.30. The molecule has 20 heavy (non-hydrogen) atoms. The second kappa shape index (κ2) is 4.22. The van der Waals surface area contributed by atoms with Gasteiger partial charge in [0.15, 0.2) is 5.49 Å². The van der Waals surface area contributed by atoms with Crippen LogP contribution in [0.15, 0.2) is 46.5 Å². The summed E-state index contributed by atoms with van der Waals surface area (Å²) < 4.78 is 38.0. The fourth-order valence-corrected chi connectivity index (χ4v) is 1.87. The van der Waals surface area contributed by atoms with E-state index in [4.69, 9.17) is 0 Å². The third kappa shape index (κ3) is 2.18. The molecular formula is C13H6F3N3O. The summed E-state index contributed by atoms with van der Waals surface area (Å²) in [5.41, 5.74) is 0.243. The number of urea groups is 1. The van der Waals surface area contributed by atoms with E-state index in [1.807, 2.05) is 0 Å². The fraction of sp³-hybridized carbons (Fsp3) is 0.0769. The molecule has 0 bridgehead atoms. The molecule has 0 spiro atoms. The highest BCUT2D eigenvalue weighted by Crippen LogP contribution is 2.31. The van der Waals surface area contributed by atoms with Crippen LogP contribution in [-0.4, -0.2) is 11.0 Å². The van der Waals surface area contributed by atoms with Crippen LogP contribution in [0.5, 0.6) is 0 Å². The van der Waals surface area contributed by atoms with Gasteiger partial charge in [-0.05, 0) is 23.8 Å². The molecule has 2 amide bonds. The van der Waals surface area contributed by atoms with Gasteiger partial charge >= 0.3 is 12.2 Å². The average molecular weight is 277 g/mol. The maximum atomic E-state index is 12.7. The lowest BCUT2D eigenvalue weighted by atomic mass is 10.0. The SMILES string of the molecule is O=C1N=c2cc(-c3cccc(C(F)(F)F)c3)cnc2=N1. The van der Waals surface area contributed by atoms with E-state index >= 15 is 0 Å². The second-order valence-electron chi connectivity index (χ2n) is 4.15. The van der Waals surface area contributed by atoms with Crippen molar-refractivity contribution in [2.24, 2.45) is 9.98 Å². The Morgan fingerprint density at radius 1 is 1.00 bits per heavy atom. The van der Waals surface area contributed by atoms with E-state index in [0.29, 0.717) is 11.1 Å². The number of fused-ring (bicyclic) bond motifs is 1. The smallest absolute Gasteiger partial charge is 0.244 e. The third-order valence-electron chi connectivity index (χ3n) is 2.79. The zero-order valence-electron chi connectivity index (χ0n) is 9.85. The first-order valence-electron chi connectivity index (χ1n) is 5.58. The van der Waals surface area contributed by atoms with E-state index in [-0.39, 0.29) is 10.8 Å². The molecule has 100 valence electrons. The van der Waals surface area contributed by atoms with Crippen LogP contribution in [0.2, 0.25) is 0 Å². The van der Waals surface area contributed by atoms with E-state index in [1.54, 1.807) is 0 Å². The van der Waals surface area contributed by atoms with Gasteiger partial charge in [-0.3, -0.25) is 0 Å². The Kier molecular flexibility index (Phi) is 2.63. The van der Waals surface area contributed by atoms with Crippen molar-refractivity contribution < 1.29 is 18.0 Å². The minimum atomic E-state index is -4.41. The van der Waals surface area contributed by atoms with Crippen LogP contribution < -0.4 is 10.8 Å². The van der Waals surface area contributed by atoms with Crippen molar-refractivity contribution in [2.75, 3.05) is 0 Å². The van der Waals surface area contributed by atoms with Gasteiger partial charge in [-0.1, -0.05) is 12.1 Å². The summed E-state index contributed by atoms with van der Waals surface area (Å²) >= 11 is 0. The number of halogens is 3. The fourth-order valence-electron chi connectivity index (χ4n) is 1.87. The molecule has 4 nitrogen and oxygen atoms in total. The van der Waals surface area contributed by atoms with Crippen molar-refractivity contribution in [3.63, 3.8) is 0 Å². The van der Waals surface area contributed by atoms with Crippen LogP contribution in [-0.2, 0) is 6.18 Å². The summed E-state index contributed by atoms with van der Waals surface area (Å²) in [4.78, 5) is 22.1. The molecule has 0 unspecified atom stereocenters. The number of nitrogens with zero attached hydrogens (tertiary/aromatic N) is 3. The molecule has 0 atom stereocenters. The number of amides is 2. The Labute approximate surface area is 110 Å². The number of hydrogen-bond acceptors (Lipinski definition) is 2. The predicted octanol–water partition coefficient (Wildman–Crippen LogP) is 2.14. The van der Waals surface area contributed by atoms with E-state index in [0.717, 1.165) is 12.1 Å². The Balaban J connectivity index is 2.12. The van der Waals surface area contributed by atoms with Crippen LogP contribution in [0.1, 0.15) is 5.56 Å². The lowest BCUT2D eigenvalue weighted by Gasteiger charge is -2.08. The maximum Gasteiger partial charge on any atom is 0.416 e. The predicted molar refractivity (Wildman–Crippen MR) is 62.4 cm³/mol. The molecule has 7 heteroatoms. The number of aromatic nitrogens is 1. The summed E-state index contributed by atoms with van der Waals surface area (Å²) in [7, 11) is 0. The molecule has 0 N–H and O–H groups in total. The normalized spacial score (nSPS) is 13.7. The highest BCUT2D eigenvalue weighted by molar-refractivity contribution is 5.77. The van der Waals surface area contributed by atoms with Gasteiger partial charge in [0, 0.05) is 11.8 Å². The van der Waals surface area contributed by atoms with Gasteiger partial charge in [0.2, 0.25) is 0 Å². The minimum absolute atomic E-state index is 0.186. The molecule has 1 aliphatic heterocycles. The van der Waals surface area contributed by atoms with Gasteiger partial charge in [0.05, 0.1) is 5.56 Å². The molecule has 3 rings (SSSR count). The molecule has 0 fully saturated rings. The molecule has 1 aromatic carbocycles. The Hall–Kier alpha value is -2.57. The molecule has 2 aromatic rings. The Bertz CT molecular complexity index is 827. The second-order valence-corrected chi connectivity index (χ2v) is 4.15. The Morgan fingerprint density at radius 2 is 1.80 bits per heavy atom. The zero-order valence-corrected chi connectivity index (χ0v) is 9.85. The molecule has 0 saturated carbocycles. The van der Waals surface area contributed by atoms with Crippen LogP contribution in [0.3, 0.4) is 0 Å². The number of pyridine rings is 1. The highest BCUT2D eigenvalue weighted by atomic mass is 19.4. The quantitative estimate of drug-likeness (QED) is 0.802. The number of carbonyl (C=O) groups is 1. The maximum absolute atomic E-state index is 12.7. The summed E-state index contributed by atoms with van der Waals surface area (Å²) in [5.74, 6) is 0. The van der Waals surface area contributed by atoms with Crippen molar-refractivity contribution in [2.45, 2.75) is 6.18 Å². The molecule has 0 saturated heterocycles. The van der Waals surface area contributed by atoms with Gasteiger partial charge in [0.25, 0.3) is 0 Å².